The Bertz CT molecular complexity index is 913. The number of amides is 1. The molecule has 0 saturated heterocycles. The standard InChI is InChI=1S/C21H24NO3Si/c1-6-9-15-12-18(13(2)19(21(24)25)22-14(3)23)16-10-7-8-11-17(16)20(15)26(4)5/h6-8,10-12H,1,9H2,2-5H3,(H,22,23)(H,24,25). The molecule has 1 radical (unpaired) electrons. The number of hydrogen-bond acceptors (Lipinski definition) is 2. The first-order valence-electron chi connectivity index (χ1n) is 8.46. The Morgan fingerprint density at radius 2 is 1.81 bits per heavy atom. The second-order valence-electron chi connectivity index (χ2n) is 6.48. The van der Waals surface area contributed by atoms with Crippen molar-refractivity contribution >= 4 is 42.2 Å². The number of carbonyl (C=O) groups is 2. The zero-order valence-corrected chi connectivity index (χ0v) is 16.6. The second-order valence-corrected chi connectivity index (χ2v) is 8.98. The molecule has 1 amide bonds. The lowest BCUT2D eigenvalue weighted by Crippen LogP contribution is -2.29. The summed E-state index contributed by atoms with van der Waals surface area (Å²) in [4.78, 5) is 23.1. The van der Waals surface area contributed by atoms with Gasteiger partial charge in [0.1, 0.15) is 5.70 Å². The molecule has 0 unspecified atom stereocenters. The average Bonchev–Trinajstić information content (AvgIpc) is 2.57. The van der Waals surface area contributed by atoms with Gasteiger partial charge in [-0.15, -0.1) is 6.58 Å². The number of carbonyl (C=O) groups excluding carboxylic acids is 1. The van der Waals surface area contributed by atoms with E-state index in [2.05, 4.69) is 37.1 Å². The van der Waals surface area contributed by atoms with Crippen molar-refractivity contribution in [1.29, 1.82) is 0 Å². The van der Waals surface area contributed by atoms with Gasteiger partial charge >= 0.3 is 5.97 Å². The van der Waals surface area contributed by atoms with Gasteiger partial charge in [-0.3, -0.25) is 4.79 Å². The molecular formula is C21H24NO3Si. The number of rotatable bonds is 6. The highest BCUT2D eigenvalue weighted by Gasteiger charge is 2.19. The molecule has 0 heterocycles. The van der Waals surface area contributed by atoms with Gasteiger partial charge in [-0.2, -0.15) is 0 Å². The third-order valence-corrected chi connectivity index (χ3v) is 5.87. The maximum absolute atomic E-state index is 11.7. The van der Waals surface area contributed by atoms with E-state index in [4.69, 9.17) is 0 Å². The Hall–Kier alpha value is -2.66. The molecule has 135 valence electrons. The Morgan fingerprint density at radius 1 is 1.19 bits per heavy atom. The summed E-state index contributed by atoms with van der Waals surface area (Å²) in [6.07, 6.45) is 2.59. The Morgan fingerprint density at radius 3 is 2.31 bits per heavy atom. The minimum atomic E-state index is -1.15. The molecule has 4 nitrogen and oxygen atoms in total. The lowest BCUT2D eigenvalue weighted by Gasteiger charge is -2.19. The largest absolute Gasteiger partial charge is 0.477 e. The van der Waals surface area contributed by atoms with Crippen LogP contribution >= 0.6 is 0 Å². The molecule has 0 aliphatic rings. The van der Waals surface area contributed by atoms with Crippen LogP contribution in [0.15, 0.2) is 48.7 Å². The average molecular weight is 367 g/mol. The summed E-state index contributed by atoms with van der Waals surface area (Å²) in [7, 11) is -0.735. The molecule has 0 saturated carbocycles. The Labute approximate surface area is 155 Å². The van der Waals surface area contributed by atoms with Crippen LogP contribution in [0.5, 0.6) is 0 Å². The predicted octanol–water partition coefficient (Wildman–Crippen LogP) is 3.48. The third kappa shape index (κ3) is 3.94. The number of allylic oxidation sites excluding steroid dienone is 2. The van der Waals surface area contributed by atoms with Crippen LogP contribution in [0.2, 0.25) is 13.1 Å². The molecule has 5 heteroatoms. The van der Waals surface area contributed by atoms with Gasteiger partial charge in [0.05, 0.1) is 8.80 Å². The van der Waals surface area contributed by atoms with Gasteiger partial charge in [0, 0.05) is 6.92 Å². The molecule has 2 rings (SSSR count). The van der Waals surface area contributed by atoms with Crippen LogP contribution in [0.4, 0.5) is 0 Å². The number of hydrogen-bond donors (Lipinski definition) is 2. The minimum Gasteiger partial charge on any atom is -0.477 e. The van der Waals surface area contributed by atoms with Gasteiger partial charge in [0.2, 0.25) is 5.91 Å². The van der Waals surface area contributed by atoms with E-state index < -0.39 is 20.7 Å². The van der Waals surface area contributed by atoms with Crippen LogP contribution < -0.4 is 10.5 Å². The minimum absolute atomic E-state index is 0.0847. The fourth-order valence-electron chi connectivity index (χ4n) is 3.27. The molecule has 0 spiro atoms. The van der Waals surface area contributed by atoms with Crippen LogP contribution in [-0.2, 0) is 16.0 Å². The van der Waals surface area contributed by atoms with Crippen LogP contribution in [0, 0.1) is 0 Å². The van der Waals surface area contributed by atoms with Crippen LogP contribution in [0.25, 0.3) is 16.3 Å². The van der Waals surface area contributed by atoms with E-state index in [0.29, 0.717) is 5.57 Å². The predicted molar refractivity (Wildman–Crippen MR) is 109 cm³/mol. The first-order valence-corrected chi connectivity index (χ1v) is 11.0. The van der Waals surface area contributed by atoms with Gasteiger partial charge in [0.25, 0.3) is 0 Å². The van der Waals surface area contributed by atoms with Crippen LogP contribution in [0.1, 0.15) is 25.0 Å². The van der Waals surface area contributed by atoms with E-state index in [1.165, 1.54) is 17.7 Å². The molecular weight excluding hydrogens is 342 g/mol. The molecule has 0 aliphatic heterocycles. The van der Waals surface area contributed by atoms with E-state index in [9.17, 15) is 14.7 Å². The first-order chi connectivity index (χ1) is 12.3. The number of benzene rings is 2. The summed E-state index contributed by atoms with van der Waals surface area (Å²) >= 11 is 0. The van der Waals surface area contributed by atoms with Crippen molar-refractivity contribution in [3.8, 4) is 0 Å². The second kappa shape index (κ2) is 8.14. The van der Waals surface area contributed by atoms with Crippen LogP contribution in [0.3, 0.4) is 0 Å². The van der Waals surface area contributed by atoms with Gasteiger partial charge in [0.15, 0.2) is 0 Å². The zero-order chi connectivity index (χ0) is 19.4. The fourth-order valence-corrected chi connectivity index (χ4v) is 4.84. The molecule has 2 N–H and O–H groups in total. The normalized spacial score (nSPS) is 12.0. The third-order valence-electron chi connectivity index (χ3n) is 4.28. The maximum Gasteiger partial charge on any atom is 0.352 e. The van der Waals surface area contributed by atoms with E-state index in [1.807, 2.05) is 24.3 Å². The highest BCUT2D eigenvalue weighted by Crippen LogP contribution is 2.28. The highest BCUT2D eigenvalue weighted by atomic mass is 28.3. The highest BCUT2D eigenvalue weighted by molar-refractivity contribution is 6.73. The SMILES string of the molecule is C=CCc1cc(C(C)=C(NC(C)=O)C(=O)O)c2ccccc2c1[Si](C)C. The summed E-state index contributed by atoms with van der Waals surface area (Å²) in [6.45, 7) is 11.4. The Balaban J connectivity index is 2.90. The van der Waals surface area contributed by atoms with Gasteiger partial charge in [-0.25, -0.2) is 4.79 Å². The summed E-state index contributed by atoms with van der Waals surface area (Å²) in [5, 5.41) is 15.5. The van der Waals surface area contributed by atoms with E-state index >= 15 is 0 Å². The van der Waals surface area contributed by atoms with Crippen molar-refractivity contribution in [2.75, 3.05) is 0 Å². The lowest BCUT2D eigenvalue weighted by molar-refractivity contribution is -0.134. The maximum atomic E-state index is 11.7. The van der Waals surface area contributed by atoms with Gasteiger partial charge in [-0.1, -0.05) is 54.7 Å². The number of fused-ring (bicyclic) bond motifs is 1. The number of nitrogens with one attached hydrogen (secondary N) is 1. The monoisotopic (exact) mass is 366 g/mol. The van der Waals surface area contributed by atoms with Crippen molar-refractivity contribution < 1.29 is 14.7 Å². The van der Waals surface area contributed by atoms with Crippen molar-refractivity contribution in [2.45, 2.75) is 33.4 Å². The molecule has 2 aromatic rings. The number of aliphatic carboxylic acids is 1. The number of carboxylic acid groups (broad SMARTS) is 1. The summed E-state index contributed by atoms with van der Waals surface area (Å²) in [5.74, 6) is -1.55. The van der Waals surface area contributed by atoms with Crippen molar-refractivity contribution in [3.63, 3.8) is 0 Å². The Kier molecular flexibility index (Phi) is 6.16. The van der Waals surface area contributed by atoms with Crippen molar-refractivity contribution in [2.24, 2.45) is 0 Å². The lowest BCUT2D eigenvalue weighted by atomic mass is 9.94. The van der Waals surface area contributed by atoms with Crippen molar-refractivity contribution in [3.05, 3.63) is 59.8 Å². The molecule has 26 heavy (non-hydrogen) atoms. The summed E-state index contributed by atoms with van der Waals surface area (Å²) in [5.41, 5.74) is 2.45. The fraction of sp³-hybridized carbons (Fsp3) is 0.238. The summed E-state index contributed by atoms with van der Waals surface area (Å²) < 4.78 is 0. The number of carboxylic acids is 1. The summed E-state index contributed by atoms with van der Waals surface area (Å²) in [6, 6.07) is 10.1. The molecule has 0 fully saturated rings. The first kappa shape index (κ1) is 19.7. The zero-order valence-electron chi connectivity index (χ0n) is 15.6. The van der Waals surface area contributed by atoms with Crippen molar-refractivity contribution in [1.82, 2.24) is 5.32 Å². The molecule has 0 aromatic heterocycles. The van der Waals surface area contributed by atoms with E-state index in [1.54, 1.807) is 6.92 Å². The van der Waals surface area contributed by atoms with E-state index in [-0.39, 0.29) is 5.70 Å². The van der Waals surface area contributed by atoms with E-state index in [0.717, 1.165) is 22.8 Å². The molecule has 0 bridgehead atoms. The topological polar surface area (TPSA) is 66.4 Å². The van der Waals surface area contributed by atoms with Gasteiger partial charge < -0.3 is 10.4 Å². The molecule has 0 aliphatic carbocycles. The molecule has 0 atom stereocenters. The molecule has 2 aromatic carbocycles. The van der Waals surface area contributed by atoms with Crippen LogP contribution in [-0.4, -0.2) is 25.8 Å². The quantitative estimate of drug-likeness (QED) is 0.467. The van der Waals surface area contributed by atoms with Gasteiger partial charge in [-0.05, 0) is 40.8 Å². The smallest absolute Gasteiger partial charge is 0.352 e.